The fourth-order valence-corrected chi connectivity index (χ4v) is 3.52. The molecule has 3 aromatic rings. The van der Waals surface area contributed by atoms with Gasteiger partial charge in [0.05, 0.1) is 12.2 Å². The van der Waals surface area contributed by atoms with Gasteiger partial charge in [0.1, 0.15) is 5.75 Å². The molecule has 0 aliphatic rings. The summed E-state index contributed by atoms with van der Waals surface area (Å²) in [4.78, 5) is 25.2. The Hall–Kier alpha value is -3.81. The molecule has 8 heteroatoms. The standard InChI is InChI=1S/C28H29F3N2O3/c1-2-3-4-5-6-17-36-25-15-13-20(14-16-25)26(34)32-23-11-7-9-21(18-23)27(35)33-24-12-8-10-22(19-24)28(29,30)31/h7-16,18-19H,2-6,17H2,1H3,(H,32,34)(H,33,35). The average molecular weight is 499 g/mol. The van der Waals surface area contributed by atoms with Crippen molar-refractivity contribution in [3.63, 3.8) is 0 Å². The Balaban J connectivity index is 1.56. The van der Waals surface area contributed by atoms with Crippen LogP contribution < -0.4 is 15.4 Å². The summed E-state index contributed by atoms with van der Waals surface area (Å²) in [6.07, 6.45) is 1.23. The molecule has 0 heterocycles. The normalized spacial score (nSPS) is 11.1. The molecule has 0 atom stereocenters. The molecule has 0 aliphatic heterocycles. The lowest BCUT2D eigenvalue weighted by Crippen LogP contribution is -2.15. The fourth-order valence-electron chi connectivity index (χ4n) is 3.52. The molecule has 3 rings (SSSR count). The lowest BCUT2D eigenvalue weighted by atomic mass is 10.1. The summed E-state index contributed by atoms with van der Waals surface area (Å²) in [7, 11) is 0. The van der Waals surface area contributed by atoms with Crippen LogP contribution in [0.5, 0.6) is 5.75 Å². The minimum atomic E-state index is -4.51. The zero-order valence-electron chi connectivity index (χ0n) is 20.0. The maximum absolute atomic E-state index is 12.9. The highest BCUT2D eigenvalue weighted by Gasteiger charge is 2.30. The van der Waals surface area contributed by atoms with E-state index in [4.69, 9.17) is 4.74 Å². The van der Waals surface area contributed by atoms with Crippen molar-refractivity contribution in [2.45, 2.75) is 45.2 Å². The van der Waals surface area contributed by atoms with Crippen molar-refractivity contribution >= 4 is 23.2 Å². The van der Waals surface area contributed by atoms with Crippen molar-refractivity contribution in [3.8, 4) is 5.75 Å². The van der Waals surface area contributed by atoms with Crippen LogP contribution in [-0.4, -0.2) is 18.4 Å². The highest BCUT2D eigenvalue weighted by molar-refractivity contribution is 6.07. The average Bonchev–Trinajstić information content (AvgIpc) is 2.86. The van der Waals surface area contributed by atoms with Crippen molar-refractivity contribution in [2.24, 2.45) is 0 Å². The summed E-state index contributed by atoms with van der Waals surface area (Å²) in [6.45, 7) is 2.80. The molecule has 0 aromatic heterocycles. The Morgan fingerprint density at radius 1 is 0.750 bits per heavy atom. The number of unbranched alkanes of at least 4 members (excludes halogenated alkanes) is 4. The number of carbonyl (C=O) groups excluding carboxylic acids is 2. The first kappa shape index (κ1) is 26.8. The van der Waals surface area contributed by atoms with Crippen LogP contribution in [-0.2, 0) is 6.18 Å². The summed E-state index contributed by atoms with van der Waals surface area (Å²) >= 11 is 0. The van der Waals surface area contributed by atoms with Gasteiger partial charge in [0.15, 0.2) is 0 Å². The van der Waals surface area contributed by atoms with Gasteiger partial charge in [0.25, 0.3) is 11.8 Å². The molecule has 0 bridgehead atoms. The summed E-state index contributed by atoms with van der Waals surface area (Å²) in [5.74, 6) is -0.270. The molecular weight excluding hydrogens is 469 g/mol. The van der Waals surface area contributed by atoms with E-state index >= 15 is 0 Å². The number of halogens is 3. The second kappa shape index (κ2) is 12.8. The third kappa shape index (κ3) is 8.15. The van der Waals surface area contributed by atoms with Gasteiger partial charge in [-0.2, -0.15) is 13.2 Å². The number of anilines is 2. The molecule has 36 heavy (non-hydrogen) atoms. The number of hydrogen-bond acceptors (Lipinski definition) is 3. The topological polar surface area (TPSA) is 67.4 Å². The van der Waals surface area contributed by atoms with Crippen LogP contribution in [0.15, 0.2) is 72.8 Å². The summed E-state index contributed by atoms with van der Waals surface area (Å²) in [6, 6.07) is 17.3. The number of alkyl halides is 3. The van der Waals surface area contributed by atoms with Gasteiger partial charge < -0.3 is 15.4 Å². The number of ether oxygens (including phenoxy) is 1. The highest BCUT2D eigenvalue weighted by atomic mass is 19.4. The largest absolute Gasteiger partial charge is 0.494 e. The van der Waals surface area contributed by atoms with Gasteiger partial charge in [-0.1, -0.05) is 44.7 Å². The van der Waals surface area contributed by atoms with Crippen LogP contribution in [0, 0.1) is 0 Å². The Morgan fingerprint density at radius 2 is 1.36 bits per heavy atom. The molecule has 2 N–H and O–H groups in total. The lowest BCUT2D eigenvalue weighted by molar-refractivity contribution is -0.137. The molecule has 0 saturated heterocycles. The van der Waals surface area contributed by atoms with Crippen molar-refractivity contribution in [1.82, 2.24) is 0 Å². The number of amides is 2. The van der Waals surface area contributed by atoms with E-state index in [1.165, 1.54) is 43.5 Å². The minimum Gasteiger partial charge on any atom is -0.494 e. The fraction of sp³-hybridized carbons (Fsp3) is 0.286. The second-order valence-corrected chi connectivity index (χ2v) is 8.35. The van der Waals surface area contributed by atoms with E-state index in [-0.39, 0.29) is 17.2 Å². The van der Waals surface area contributed by atoms with Crippen molar-refractivity contribution in [3.05, 3.63) is 89.5 Å². The van der Waals surface area contributed by atoms with E-state index in [2.05, 4.69) is 17.6 Å². The number of benzene rings is 3. The maximum atomic E-state index is 12.9. The van der Waals surface area contributed by atoms with Gasteiger partial charge >= 0.3 is 6.18 Å². The summed E-state index contributed by atoms with van der Waals surface area (Å²) < 4.78 is 44.5. The quantitative estimate of drug-likeness (QED) is 0.268. The molecule has 190 valence electrons. The van der Waals surface area contributed by atoms with Gasteiger partial charge in [-0.3, -0.25) is 9.59 Å². The Kier molecular flexibility index (Phi) is 9.50. The molecule has 0 spiro atoms. The zero-order chi connectivity index (χ0) is 26.0. The van der Waals surface area contributed by atoms with E-state index in [1.54, 1.807) is 36.4 Å². The number of hydrogen-bond donors (Lipinski definition) is 2. The van der Waals surface area contributed by atoms with Crippen molar-refractivity contribution in [2.75, 3.05) is 17.2 Å². The number of nitrogens with one attached hydrogen (secondary N) is 2. The van der Waals surface area contributed by atoms with E-state index in [9.17, 15) is 22.8 Å². The van der Waals surface area contributed by atoms with Crippen molar-refractivity contribution in [1.29, 1.82) is 0 Å². The second-order valence-electron chi connectivity index (χ2n) is 8.35. The molecule has 3 aromatic carbocycles. The van der Waals surface area contributed by atoms with Gasteiger partial charge in [-0.25, -0.2) is 0 Å². The molecule has 0 saturated carbocycles. The third-order valence-corrected chi connectivity index (χ3v) is 5.46. The molecule has 0 fully saturated rings. The van der Waals surface area contributed by atoms with Gasteiger partial charge in [0.2, 0.25) is 0 Å². The van der Waals surface area contributed by atoms with E-state index < -0.39 is 17.6 Å². The number of carbonyl (C=O) groups is 2. The molecule has 0 aliphatic carbocycles. The summed E-state index contributed by atoms with van der Waals surface area (Å²) in [5, 5.41) is 5.18. The van der Waals surface area contributed by atoms with Gasteiger partial charge in [-0.15, -0.1) is 0 Å². The van der Waals surface area contributed by atoms with Gasteiger partial charge in [-0.05, 0) is 67.1 Å². The first-order valence-electron chi connectivity index (χ1n) is 11.9. The third-order valence-electron chi connectivity index (χ3n) is 5.46. The highest BCUT2D eigenvalue weighted by Crippen LogP contribution is 2.30. The van der Waals surface area contributed by atoms with Crippen LogP contribution in [0.2, 0.25) is 0 Å². The predicted octanol–water partition coefficient (Wildman–Crippen LogP) is 7.56. The molecule has 5 nitrogen and oxygen atoms in total. The van der Waals surface area contributed by atoms with Crippen molar-refractivity contribution < 1.29 is 27.5 Å². The van der Waals surface area contributed by atoms with Crippen LogP contribution in [0.1, 0.15) is 65.3 Å². The van der Waals surface area contributed by atoms with Crippen LogP contribution in [0.4, 0.5) is 24.5 Å². The van der Waals surface area contributed by atoms with E-state index in [0.29, 0.717) is 23.6 Å². The minimum absolute atomic E-state index is 0.0209. The van der Waals surface area contributed by atoms with E-state index in [0.717, 1.165) is 25.0 Å². The smallest absolute Gasteiger partial charge is 0.416 e. The predicted molar refractivity (Wildman–Crippen MR) is 134 cm³/mol. The Bertz CT molecular complexity index is 1160. The molecule has 0 unspecified atom stereocenters. The maximum Gasteiger partial charge on any atom is 0.416 e. The Morgan fingerprint density at radius 3 is 2.03 bits per heavy atom. The molecule has 2 amide bonds. The van der Waals surface area contributed by atoms with Crippen LogP contribution in [0.25, 0.3) is 0 Å². The monoisotopic (exact) mass is 498 g/mol. The number of rotatable bonds is 11. The van der Waals surface area contributed by atoms with E-state index in [1.807, 2.05) is 0 Å². The van der Waals surface area contributed by atoms with Crippen LogP contribution >= 0.6 is 0 Å². The first-order valence-corrected chi connectivity index (χ1v) is 11.9. The first-order chi connectivity index (χ1) is 17.3. The summed E-state index contributed by atoms with van der Waals surface area (Å²) in [5.41, 5.74) is 0.151. The Labute approximate surface area is 208 Å². The molecule has 0 radical (unpaired) electrons. The zero-order valence-corrected chi connectivity index (χ0v) is 20.0. The molecular formula is C28H29F3N2O3. The lowest BCUT2D eigenvalue weighted by Gasteiger charge is -2.11. The SMILES string of the molecule is CCCCCCCOc1ccc(C(=O)Nc2cccc(C(=O)Nc3cccc(C(F)(F)F)c3)c2)cc1. The van der Waals surface area contributed by atoms with Crippen LogP contribution in [0.3, 0.4) is 0 Å². The van der Waals surface area contributed by atoms with Gasteiger partial charge in [0, 0.05) is 22.5 Å².